The number of carbonyl (C=O) groups is 2. The molecule has 0 aromatic heterocycles. The van der Waals surface area contributed by atoms with Gasteiger partial charge in [-0.25, -0.2) is 0 Å². The molecule has 2 aromatic rings. The Labute approximate surface area is 171 Å². The van der Waals surface area contributed by atoms with Crippen molar-refractivity contribution >= 4 is 44.9 Å². The van der Waals surface area contributed by atoms with Crippen LogP contribution in [-0.4, -0.2) is 32.5 Å². The summed E-state index contributed by atoms with van der Waals surface area (Å²) in [6, 6.07) is 12.3. The summed E-state index contributed by atoms with van der Waals surface area (Å²) in [4.78, 5) is 27.1. The van der Waals surface area contributed by atoms with Gasteiger partial charge in [-0.05, 0) is 47.7 Å². The highest BCUT2D eigenvalue weighted by Gasteiger charge is 2.23. The van der Waals surface area contributed by atoms with E-state index in [1.165, 1.54) is 38.3 Å². The average molecular weight is 432 g/mol. The first kappa shape index (κ1) is 20.6. The van der Waals surface area contributed by atoms with Crippen LogP contribution in [0, 0.1) is 0 Å². The molecular weight excluding hydrogens is 416 g/mol. The molecule has 1 aliphatic heterocycles. The van der Waals surface area contributed by atoms with Crippen LogP contribution in [-0.2, 0) is 19.7 Å². The van der Waals surface area contributed by atoms with Crippen LogP contribution < -0.4 is 14.2 Å². The van der Waals surface area contributed by atoms with Crippen molar-refractivity contribution in [1.29, 1.82) is 0 Å². The normalized spacial score (nSPS) is 15.2. The molecule has 10 heteroatoms. The number of amidine groups is 1. The second-order valence-electron chi connectivity index (χ2n) is 5.77. The number of hydrogen-bond donors (Lipinski definition) is 1. The quantitative estimate of drug-likeness (QED) is 0.571. The molecule has 0 aliphatic carbocycles. The maximum Gasteiger partial charge on any atom is 0.339 e. The molecule has 2 aromatic carbocycles. The highest BCUT2D eigenvalue weighted by molar-refractivity contribution is 8.18. The molecule has 1 N–H and O–H groups in total. The monoisotopic (exact) mass is 432 g/mol. The summed E-state index contributed by atoms with van der Waals surface area (Å²) in [6.45, 7) is 1.32. The zero-order chi connectivity index (χ0) is 21.0. The first-order chi connectivity index (χ1) is 13.8. The van der Waals surface area contributed by atoms with Crippen LogP contribution in [0.15, 0.2) is 63.3 Å². The van der Waals surface area contributed by atoms with Gasteiger partial charge in [-0.3, -0.25) is 9.59 Å². The van der Waals surface area contributed by atoms with Crippen molar-refractivity contribution < 1.29 is 26.9 Å². The predicted molar refractivity (Wildman–Crippen MR) is 109 cm³/mol. The van der Waals surface area contributed by atoms with E-state index < -0.39 is 16.0 Å². The van der Waals surface area contributed by atoms with Crippen molar-refractivity contribution in [2.24, 2.45) is 4.99 Å². The number of carbonyl (C=O) groups excluding carboxylic acids is 2. The minimum atomic E-state index is -4.02. The molecule has 0 atom stereocenters. The van der Waals surface area contributed by atoms with E-state index >= 15 is 0 Å². The van der Waals surface area contributed by atoms with E-state index in [0.29, 0.717) is 10.5 Å². The van der Waals surface area contributed by atoms with E-state index in [9.17, 15) is 18.0 Å². The van der Waals surface area contributed by atoms with E-state index in [2.05, 4.69) is 10.3 Å². The van der Waals surface area contributed by atoms with Gasteiger partial charge in [0.15, 0.2) is 16.7 Å². The van der Waals surface area contributed by atoms with Gasteiger partial charge < -0.3 is 14.2 Å². The summed E-state index contributed by atoms with van der Waals surface area (Å²) < 4.78 is 35.3. The minimum Gasteiger partial charge on any atom is -0.493 e. The van der Waals surface area contributed by atoms with Crippen molar-refractivity contribution in [3.05, 3.63) is 59.0 Å². The first-order valence-electron chi connectivity index (χ1n) is 8.26. The lowest BCUT2D eigenvalue weighted by atomic mass is 10.2. The third-order valence-electron chi connectivity index (χ3n) is 3.62. The molecule has 2 amide bonds. The number of rotatable bonds is 5. The fraction of sp³-hybridized carbons (Fsp3) is 0.105. The fourth-order valence-corrected chi connectivity index (χ4v) is 4.18. The third kappa shape index (κ3) is 5.04. The van der Waals surface area contributed by atoms with E-state index in [0.717, 1.165) is 11.8 Å². The number of ether oxygens (including phenoxy) is 1. The molecule has 0 spiro atoms. The lowest BCUT2D eigenvalue weighted by Gasteiger charge is -2.11. The number of nitrogens with one attached hydrogen (secondary N) is 1. The smallest absolute Gasteiger partial charge is 0.339 e. The molecule has 0 bridgehead atoms. The summed E-state index contributed by atoms with van der Waals surface area (Å²) in [5.41, 5.74) is 0.571. The van der Waals surface area contributed by atoms with Gasteiger partial charge in [-0.1, -0.05) is 24.3 Å². The number of amides is 2. The second-order valence-corrected chi connectivity index (χ2v) is 8.35. The summed E-state index contributed by atoms with van der Waals surface area (Å²) >= 11 is 1.03. The van der Waals surface area contributed by atoms with Gasteiger partial charge in [0.05, 0.1) is 12.0 Å². The van der Waals surface area contributed by atoms with Crippen LogP contribution in [0.5, 0.6) is 11.5 Å². The molecule has 3 rings (SSSR count). The molecule has 0 radical (unpaired) electrons. The summed E-state index contributed by atoms with van der Waals surface area (Å²) in [5.74, 6) is -0.616. The van der Waals surface area contributed by atoms with Gasteiger partial charge in [0.1, 0.15) is 4.90 Å². The summed E-state index contributed by atoms with van der Waals surface area (Å²) in [5, 5.41) is 2.67. The first-order valence-corrected chi connectivity index (χ1v) is 10.5. The SMILES string of the molecule is COc1cc(/C=C2/SC(NC(C)=O)=NC2=O)ccc1OS(=O)(=O)c1ccccc1. The molecule has 0 saturated heterocycles. The zero-order valence-electron chi connectivity index (χ0n) is 15.4. The largest absolute Gasteiger partial charge is 0.493 e. The number of methoxy groups -OCH3 is 1. The van der Waals surface area contributed by atoms with Crippen LogP contribution >= 0.6 is 11.8 Å². The lowest BCUT2D eigenvalue weighted by molar-refractivity contribution is -0.117. The predicted octanol–water partition coefficient (Wildman–Crippen LogP) is 2.57. The Hall–Kier alpha value is -3.11. The van der Waals surface area contributed by atoms with Gasteiger partial charge in [0.2, 0.25) is 5.91 Å². The number of aliphatic imine (C=N–C) groups is 1. The van der Waals surface area contributed by atoms with Crippen LogP contribution in [0.2, 0.25) is 0 Å². The van der Waals surface area contributed by atoms with Crippen molar-refractivity contribution in [3.8, 4) is 11.5 Å². The Morgan fingerprint density at radius 2 is 1.86 bits per heavy atom. The van der Waals surface area contributed by atoms with Gasteiger partial charge in [-0.2, -0.15) is 13.4 Å². The zero-order valence-corrected chi connectivity index (χ0v) is 17.0. The highest BCUT2D eigenvalue weighted by Crippen LogP contribution is 2.33. The summed E-state index contributed by atoms with van der Waals surface area (Å²) in [6.07, 6.45) is 1.56. The fourth-order valence-electron chi connectivity index (χ4n) is 2.36. The molecule has 0 fully saturated rings. The molecule has 0 saturated carbocycles. The van der Waals surface area contributed by atoms with Crippen molar-refractivity contribution in [1.82, 2.24) is 5.32 Å². The third-order valence-corrected chi connectivity index (χ3v) is 5.77. The topological polar surface area (TPSA) is 111 Å². The number of hydrogen-bond acceptors (Lipinski definition) is 7. The van der Waals surface area contributed by atoms with Gasteiger partial charge in [-0.15, -0.1) is 0 Å². The van der Waals surface area contributed by atoms with Gasteiger partial charge in [0, 0.05) is 6.92 Å². The average Bonchev–Trinajstić information content (AvgIpc) is 3.01. The van der Waals surface area contributed by atoms with Crippen LogP contribution in [0.25, 0.3) is 6.08 Å². The Morgan fingerprint density at radius 1 is 1.14 bits per heavy atom. The van der Waals surface area contributed by atoms with E-state index in [4.69, 9.17) is 8.92 Å². The Balaban J connectivity index is 1.83. The van der Waals surface area contributed by atoms with Crippen LogP contribution in [0.1, 0.15) is 12.5 Å². The standard InChI is InChI=1S/C19H16N2O6S2/c1-12(22)20-19-21-18(23)17(28-19)11-13-8-9-15(16(10-13)26-2)27-29(24,25)14-6-4-3-5-7-14/h3-11H,1-2H3,(H,20,21,22,23)/b17-11+. The van der Waals surface area contributed by atoms with Crippen molar-refractivity contribution in [2.45, 2.75) is 11.8 Å². The number of thioether (sulfide) groups is 1. The molecule has 29 heavy (non-hydrogen) atoms. The lowest BCUT2D eigenvalue weighted by Crippen LogP contribution is -2.23. The van der Waals surface area contributed by atoms with Crippen LogP contribution in [0.3, 0.4) is 0 Å². The van der Waals surface area contributed by atoms with Crippen molar-refractivity contribution in [2.75, 3.05) is 7.11 Å². The molecule has 0 unspecified atom stereocenters. The Bertz CT molecular complexity index is 1120. The molecule has 150 valence electrons. The van der Waals surface area contributed by atoms with E-state index in [-0.39, 0.29) is 27.5 Å². The molecule has 1 heterocycles. The number of nitrogens with zero attached hydrogens (tertiary/aromatic N) is 1. The Kier molecular flexibility index (Phi) is 6.04. The highest BCUT2D eigenvalue weighted by atomic mass is 32.2. The molecular formula is C19H16N2O6S2. The molecule has 8 nitrogen and oxygen atoms in total. The minimum absolute atomic E-state index is 0.0130. The molecule has 1 aliphatic rings. The van der Waals surface area contributed by atoms with Gasteiger partial charge in [0.25, 0.3) is 5.91 Å². The second kappa shape index (κ2) is 8.50. The maximum absolute atomic E-state index is 12.4. The number of benzene rings is 2. The van der Waals surface area contributed by atoms with Gasteiger partial charge >= 0.3 is 10.1 Å². The van der Waals surface area contributed by atoms with Crippen LogP contribution in [0.4, 0.5) is 0 Å². The maximum atomic E-state index is 12.4. The Morgan fingerprint density at radius 3 is 2.52 bits per heavy atom. The van der Waals surface area contributed by atoms with E-state index in [1.54, 1.807) is 30.3 Å². The van der Waals surface area contributed by atoms with E-state index in [1.807, 2.05) is 0 Å². The summed E-state index contributed by atoms with van der Waals surface area (Å²) in [7, 11) is -2.64. The van der Waals surface area contributed by atoms with Crippen molar-refractivity contribution in [3.63, 3.8) is 0 Å².